The van der Waals surface area contributed by atoms with Crippen molar-refractivity contribution in [3.05, 3.63) is 0 Å². The molecule has 2 N–H and O–H groups in total. The Balaban J connectivity index is 1.40. The van der Waals surface area contributed by atoms with Crippen LogP contribution in [0.3, 0.4) is 0 Å². The number of ether oxygens (including phenoxy) is 2. The van der Waals surface area contributed by atoms with Gasteiger partial charge in [0.1, 0.15) is 5.78 Å². The van der Waals surface area contributed by atoms with Crippen molar-refractivity contribution in [1.82, 2.24) is 0 Å². The van der Waals surface area contributed by atoms with E-state index in [0.717, 1.165) is 38.5 Å². The number of ketones is 1. The van der Waals surface area contributed by atoms with Crippen molar-refractivity contribution in [3.63, 3.8) is 0 Å². The van der Waals surface area contributed by atoms with E-state index in [1.165, 1.54) is 0 Å². The van der Waals surface area contributed by atoms with Crippen LogP contribution in [0.2, 0.25) is 0 Å². The first-order chi connectivity index (χ1) is 15.1. The first kappa shape index (κ1) is 22.8. The van der Waals surface area contributed by atoms with E-state index in [1.807, 2.05) is 0 Å². The molecule has 1 spiro atoms. The van der Waals surface area contributed by atoms with E-state index in [0.29, 0.717) is 37.8 Å². The van der Waals surface area contributed by atoms with Gasteiger partial charge < -0.3 is 19.7 Å². The molecule has 6 heteroatoms. The van der Waals surface area contributed by atoms with Crippen molar-refractivity contribution in [2.75, 3.05) is 13.2 Å². The Morgan fingerprint density at radius 3 is 2.56 bits per heavy atom. The SMILES string of the molecule is CC(CCC(=O)O)C1CCC2C3C(O)CC4CC5(CCC4(C)C3CC(=O)C12C)OCCO5. The fourth-order valence-electron chi connectivity index (χ4n) is 9.14. The number of fused-ring (bicyclic) bond motifs is 5. The van der Waals surface area contributed by atoms with Gasteiger partial charge in [-0.1, -0.05) is 20.8 Å². The minimum atomic E-state index is -0.765. The number of carbonyl (C=O) groups excluding carboxylic acids is 1. The molecule has 1 saturated heterocycles. The third kappa shape index (κ3) is 3.23. The number of aliphatic hydroxyl groups excluding tert-OH is 1. The summed E-state index contributed by atoms with van der Waals surface area (Å²) in [5.74, 6) is 0.438. The van der Waals surface area contributed by atoms with Crippen LogP contribution in [0.25, 0.3) is 0 Å². The number of hydrogen-bond acceptors (Lipinski definition) is 5. The van der Waals surface area contributed by atoms with Crippen LogP contribution in [0, 0.1) is 46.3 Å². The maximum absolute atomic E-state index is 13.8. The van der Waals surface area contributed by atoms with Crippen LogP contribution in [-0.4, -0.2) is 47.1 Å². The van der Waals surface area contributed by atoms with Gasteiger partial charge in [0.15, 0.2) is 5.79 Å². The summed E-state index contributed by atoms with van der Waals surface area (Å²) in [6, 6.07) is 0. The van der Waals surface area contributed by atoms with Crippen molar-refractivity contribution >= 4 is 11.8 Å². The molecule has 5 rings (SSSR count). The van der Waals surface area contributed by atoms with Crippen LogP contribution in [0.5, 0.6) is 0 Å². The zero-order valence-corrected chi connectivity index (χ0v) is 19.8. The van der Waals surface area contributed by atoms with Gasteiger partial charge in [-0.3, -0.25) is 9.59 Å². The second-order valence-corrected chi connectivity index (χ2v) is 12.1. The van der Waals surface area contributed by atoms with Crippen LogP contribution in [0.15, 0.2) is 0 Å². The van der Waals surface area contributed by atoms with Crippen molar-refractivity contribution in [2.24, 2.45) is 46.3 Å². The molecule has 4 saturated carbocycles. The number of aliphatic carboxylic acids is 1. The Bertz CT molecular complexity index is 774. The molecule has 0 aromatic rings. The van der Waals surface area contributed by atoms with Crippen LogP contribution in [0.4, 0.5) is 0 Å². The Morgan fingerprint density at radius 2 is 1.88 bits per heavy atom. The molecule has 9 atom stereocenters. The van der Waals surface area contributed by atoms with E-state index in [2.05, 4.69) is 20.8 Å². The lowest BCUT2D eigenvalue weighted by atomic mass is 9.43. The average molecular weight is 449 g/mol. The Hall–Kier alpha value is -0.980. The van der Waals surface area contributed by atoms with E-state index in [9.17, 15) is 14.7 Å². The van der Waals surface area contributed by atoms with Crippen LogP contribution in [0.1, 0.15) is 78.6 Å². The van der Waals surface area contributed by atoms with Gasteiger partial charge in [-0.15, -0.1) is 0 Å². The molecular weight excluding hydrogens is 408 g/mol. The lowest BCUT2D eigenvalue weighted by molar-refractivity contribution is -0.240. The molecule has 5 aliphatic rings. The fourth-order valence-corrected chi connectivity index (χ4v) is 9.14. The molecule has 1 aliphatic heterocycles. The highest BCUT2D eigenvalue weighted by Gasteiger charge is 2.67. The summed E-state index contributed by atoms with van der Waals surface area (Å²) in [6.45, 7) is 7.93. The topological polar surface area (TPSA) is 93.1 Å². The van der Waals surface area contributed by atoms with Gasteiger partial charge in [0, 0.05) is 31.1 Å². The molecule has 0 amide bonds. The third-order valence-corrected chi connectivity index (χ3v) is 10.9. The average Bonchev–Trinajstić information content (AvgIpc) is 3.34. The lowest BCUT2D eigenvalue weighted by Crippen LogP contribution is -2.62. The molecule has 0 bridgehead atoms. The van der Waals surface area contributed by atoms with Gasteiger partial charge in [-0.05, 0) is 73.0 Å². The summed E-state index contributed by atoms with van der Waals surface area (Å²) in [4.78, 5) is 25.0. The van der Waals surface area contributed by atoms with Crippen molar-refractivity contribution in [2.45, 2.75) is 90.4 Å². The minimum absolute atomic E-state index is 0.0362. The highest BCUT2D eigenvalue weighted by atomic mass is 16.7. The van der Waals surface area contributed by atoms with Gasteiger partial charge >= 0.3 is 5.97 Å². The second kappa shape index (κ2) is 7.78. The first-order valence-electron chi connectivity index (χ1n) is 12.8. The normalized spacial score (nSPS) is 48.2. The number of aliphatic hydroxyl groups is 1. The van der Waals surface area contributed by atoms with Crippen molar-refractivity contribution < 1.29 is 29.3 Å². The monoisotopic (exact) mass is 448 g/mol. The van der Waals surface area contributed by atoms with E-state index in [-0.39, 0.29) is 47.5 Å². The minimum Gasteiger partial charge on any atom is -0.481 e. The number of carboxylic acid groups (broad SMARTS) is 1. The smallest absolute Gasteiger partial charge is 0.303 e. The maximum Gasteiger partial charge on any atom is 0.303 e. The number of carboxylic acids is 1. The highest BCUT2D eigenvalue weighted by Crippen LogP contribution is 2.68. The van der Waals surface area contributed by atoms with Crippen molar-refractivity contribution in [1.29, 1.82) is 0 Å². The van der Waals surface area contributed by atoms with E-state index in [4.69, 9.17) is 14.6 Å². The zero-order valence-electron chi connectivity index (χ0n) is 19.8. The summed E-state index contributed by atoms with van der Waals surface area (Å²) >= 11 is 0. The second-order valence-electron chi connectivity index (χ2n) is 12.1. The van der Waals surface area contributed by atoms with E-state index < -0.39 is 17.2 Å². The highest BCUT2D eigenvalue weighted by molar-refractivity contribution is 5.87. The van der Waals surface area contributed by atoms with Crippen LogP contribution >= 0.6 is 0 Å². The molecule has 0 aromatic carbocycles. The molecule has 0 radical (unpaired) electrons. The van der Waals surface area contributed by atoms with Gasteiger partial charge in [0.05, 0.1) is 19.3 Å². The fraction of sp³-hybridized carbons (Fsp3) is 0.923. The van der Waals surface area contributed by atoms with Gasteiger partial charge in [-0.25, -0.2) is 0 Å². The van der Waals surface area contributed by atoms with Gasteiger partial charge in [-0.2, -0.15) is 0 Å². The Morgan fingerprint density at radius 1 is 1.16 bits per heavy atom. The van der Waals surface area contributed by atoms with Gasteiger partial charge in [0.25, 0.3) is 0 Å². The Labute approximate surface area is 191 Å². The standard InChI is InChI=1S/C26H40O6/c1-15(4-7-22(29)30)17-5-6-18-23-19(13-21(28)25(17,18)3)24(2)8-9-26(31-10-11-32-26)14-16(24)12-20(23)27/h15-20,23,27H,4-14H2,1-3H3,(H,29,30). The molecule has 4 aliphatic carbocycles. The summed E-state index contributed by atoms with van der Waals surface area (Å²) in [5.41, 5.74) is -0.398. The first-order valence-corrected chi connectivity index (χ1v) is 12.8. The largest absolute Gasteiger partial charge is 0.481 e. The molecule has 0 aromatic heterocycles. The Kier molecular flexibility index (Phi) is 5.54. The van der Waals surface area contributed by atoms with Crippen LogP contribution in [-0.2, 0) is 19.1 Å². The predicted molar refractivity (Wildman–Crippen MR) is 118 cm³/mol. The quantitative estimate of drug-likeness (QED) is 0.674. The molecule has 1 heterocycles. The molecule has 9 unspecified atom stereocenters. The number of hydrogen-bond donors (Lipinski definition) is 2. The third-order valence-electron chi connectivity index (χ3n) is 10.9. The van der Waals surface area contributed by atoms with E-state index >= 15 is 0 Å². The summed E-state index contributed by atoms with van der Waals surface area (Å²) in [6.07, 6.45) is 6.35. The molecule has 32 heavy (non-hydrogen) atoms. The zero-order chi connectivity index (χ0) is 22.9. The predicted octanol–water partition coefficient (Wildman–Crippen LogP) is 4.04. The molecule has 180 valence electrons. The summed E-state index contributed by atoms with van der Waals surface area (Å²) < 4.78 is 12.0. The lowest BCUT2D eigenvalue weighted by Gasteiger charge is -2.62. The van der Waals surface area contributed by atoms with E-state index in [1.54, 1.807) is 0 Å². The number of rotatable bonds is 4. The molecule has 6 nitrogen and oxygen atoms in total. The summed E-state index contributed by atoms with van der Waals surface area (Å²) in [7, 11) is 0. The van der Waals surface area contributed by atoms with Gasteiger partial charge in [0.2, 0.25) is 0 Å². The maximum atomic E-state index is 13.8. The van der Waals surface area contributed by atoms with Crippen LogP contribution < -0.4 is 0 Å². The molecule has 5 fully saturated rings. The number of Topliss-reactive ketones (excluding diaryl/α,β-unsaturated/α-hetero) is 1. The molecular formula is C26H40O6. The van der Waals surface area contributed by atoms with Crippen molar-refractivity contribution in [3.8, 4) is 0 Å². The summed E-state index contributed by atoms with van der Waals surface area (Å²) in [5, 5.41) is 20.6. The number of carbonyl (C=O) groups is 2.